The fourth-order valence-electron chi connectivity index (χ4n) is 4.61. The number of carbonyl (C=O) groups is 1. The molecule has 1 atom stereocenters. The van der Waals surface area contributed by atoms with Crippen molar-refractivity contribution in [2.75, 3.05) is 49.3 Å². The van der Waals surface area contributed by atoms with Crippen molar-refractivity contribution in [3.63, 3.8) is 0 Å². The van der Waals surface area contributed by atoms with E-state index in [4.69, 9.17) is 35.4 Å². The maximum Gasteiger partial charge on any atom is 0.319 e. The Morgan fingerprint density at radius 1 is 0.911 bits per heavy atom. The lowest BCUT2D eigenvalue weighted by atomic mass is 10.0. The molecule has 9 nitrogen and oxygen atoms in total. The first-order valence-electron chi connectivity index (χ1n) is 14.7. The van der Waals surface area contributed by atoms with Crippen LogP contribution in [0.1, 0.15) is 33.1 Å². The molecule has 3 rings (SSSR count). The molecule has 0 radical (unpaired) electrons. The minimum absolute atomic E-state index is 0.0164. The van der Waals surface area contributed by atoms with Gasteiger partial charge in [-0.3, -0.25) is 0 Å². The molecule has 0 spiro atoms. The van der Waals surface area contributed by atoms with E-state index < -0.39 is 10.0 Å². The molecule has 0 unspecified atom stereocenters. The van der Waals surface area contributed by atoms with Crippen LogP contribution in [-0.4, -0.2) is 64.2 Å². The van der Waals surface area contributed by atoms with Crippen LogP contribution in [0.2, 0.25) is 10.0 Å². The van der Waals surface area contributed by atoms with Gasteiger partial charge < -0.3 is 25.8 Å². The van der Waals surface area contributed by atoms with Gasteiger partial charge in [-0.05, 0) is 92.0 Å². The molecule has 0 fully saturated rings. The summed E-state index contributed by atoms with van der Waals surface area (Å²) in [6.45, 7) is 5.44. The highest BCUT2D eigenvalue weighted by atomic mass is 35.5. The summed E-state index contributed by atoms with van der Waals surface area (Å²) >= 11 is 17.9. The van der Waals surface area contributed by atoms with Crippen LogP contribution >= 0.6 is 35.4 Å². The molecule has 244 valence electrons. The first-order chi connectivity index (χ1) is 21.3. The molecule has 0 aliphatic carbocycles. The van der Waals surface area contributed by atoms with Crippen molar-refractivity contribution in [1.82, 2.24) is 14.9 Å². The van der Waals surface area contributed by atoms with Crippen LogP contribution in [-0.2, 0) is 10.0 Å². The second-order valence-corrected chi connectivity index (χ2v) is 14.3. The number of para-hydroxylation sites is 1. The highest BCUT2D eigenvalue weighted by molar-refractivity contribution is 7.89. The van der Waals surface area contributed by atoms with Crippen LogP contribution in [0.25, 0.3) is 0 Å². The zero-order valence-electron chi connectivity index (χ0n) is 26.0. The van der Waals surface area contributed by atoms with Crippen molar-refractivity contribution in [1.29, 1.82) is 0 Å². The van der Waals surface area contributed by atoms with Gasteiger partial charge in [-0.25, -0.2) is 17.9 Å². The number of anilines is 3. The Hall–Kier alpha value is -3.09. The van der Waals surface area contributed by atoms with Gasteiger partial charge in [0.2, 0.25) is 10.0 Å². The summed E-state index contributed by atoms with van der Waals surface area (Å²) in [4.78, 5) is 16.9. The molecule has 0 bridgehead atoms. The molecule has 0 saturated heterocycles. The zero-order valence-corrected chi connectivity index (χ0v) is 29.2. The summed E-state index contributed by atoms with van der Waals surface area (Å²) in [5, 5.41) is 10.3. The van der Waals surface area contributed by atoms with Gasteiger partial charge in [0.15, 0.2) is 5.11 Å². The van der Waals surface area contributed by atoms with E-state index >= 15 is 0 Å². The van der Waals surface area contributed by atoms with Crippen molar-refractivity contribution < 1.29 is 13.2 Å². The Morgan fingerprint density at radius 2 is 1.58 bits per heavy atom. The van der Waals surface area contributed by atoms with Gasteiger partial charge in [-0.2, -0.15) is 0 Å². The smallest absolute Gasteiger partial charge is 0.319 e. The lowest BCUT2D eigenvalue weighted by molar-refractivity contribution is 0.241. The van der Waals surface area contributed by atoms with Crippen molar-refractivity contribution in [2.24, 2.45) is 5.92 Å². The molecule has 0 aliphatic rings. The SMILES string of the molecule is CC(C)C[C@@H](CN(CCCCNS(=O)(=O)c1ccc(Cl)cc1Cl)C(=S)Nc1ccc(N(C)C)cc1)NC(=O)Nc1ccccc1. The van der Waals surface area contributed by atoms with E-state index in [1.54, 1.807) is 0 Å². The van der Waals surface area contributed by atoms with Crippen molar-refractivity contribution in [3.8, 4) is 0 Å². The topological polar surface area (TPSA) is 106 Å². The van der Waals surface area contributed by atoms with E-state index in [9.17, 15) is 13.2 Å². The summed E-state index contributed by atoms with van der Waals surface area (Å²) in [6.07, 6.45) is 1.93. The summed E-state index contributed by atoms with van der Waals surface area (Å²) < 4.78 is 28.2. The minimum Gasteiger partial charge on any atom is -0.378 e. The highest BCUT2D eigenvalue weighted by Crippen LogP contribution is 2.25. The van der Waals surface area contributed by atoms with Gasteiger partial charge in [-0.15, -0.1) is 0 Å². The fourth-order valence-corrected chi connectivity index (χ4v) is 6.74. The molecule has 13 heteroatoms. The van der Waals surface area contributed by atoms with Crippen molar-refractivity contribution in [3.05, 3.63) is 82.8 Å². The third-order valence-electron chi connectivity index (χ3n) is 6.82. The Kier molecular flexibility index (Phi) is 14.2. The standard InChI is InChI=1S/C32H42Cl2N6O3S2/c1-23(2)20-27(37-31(41)36-25-10-6-5-7-11-25)22-40(32(44)38-26-13-15-28(16-14-26)39(3)4)19-9-8-18-35-45(42,43)30-17-12-24(33)21-29(30)34/h5-7,10-17,21,23,27,35H,8-9,18-20,22H2,1-4H3,(H,38,44)(H2,36,37,41)/t27-/m0/s1. The van der Waals surface area contributed by atoms with Crippen LogP contribution in [0.15, 0.2) is 77.7 Å². The molecule has 3 aromatic rings. The third kappa shape index (κ3) is 12.3. The average Bonchev–Trinajstić information content (AvgIpc) is 2.96. The Morgan fingerprint density at radius 3 is 2.20 bits per heavy atom. The number of nitrogens with one attached hydrogen (secondary N) is 4. The summed E-state index contributed by atoms with van der Waals surface area (Å²) in [7, 11) is 0.165. The molecule has 0 heterocycles. The second-order valence-electron chi connectivity index (χ2n) is 11.3. The van der Waals surface area contributed by atoms with Crippen LogP contribution in [0, 0.1) is 5.92 Å². The average molecular weight is 694 g/mol. The molecule has 45 heavy (non-hydrogen) atoms. The van der Waals surface area contributed by atoms with E-state index in [1.807, 2.05) is 78.5 Å². The van der Waals surface area contributed by atoms with Gasteiger partial charge in [0, 0.05) is 61.9 Å². The van der Waals surface area contributed by atoms with Gasteiger partial charge >= 0.3 is 6.03 Å². The third-order valence-corrected chi connectivity index (χ3v) is 9.36. The van der Waals surface area contributed by atoms with E-state index in [0.29, 0.717) is 47.7 Å². The lowest BCUT2D eigenvalue weighted by Crippen LogP contribution is -2.49. The van der Waals surface area contributed by atoms with Crippen molar-refractivity contribution in [2.45, 2.75) is 44.0 Å². The first kappa shape index (κ1) is 36.4. The number of nitrogens with zero attached hydrogens (tertiary/aromatic N) is 2. The van der Waals surface area contributed by atoms with Crippen molar-refractivity contribution >= 4 is 73.6 Å². The largest absolute Gasteiger partial charge is 0.378 e. The Labute approximate surface area is 282 Å². The summed E-state index contributed by atoms with van der Waals surface area (Å²) in [5.74, 6) is 0.322. The number of thiocarbonyl (C=S) groups is 1. The van der Waals surface area contributed by atoms with Crippen LogP contribution in [0.5, 0.6) is 0 Å². The summed E-state index contributed by atoms with van der Waals surface area (Å²) in [6, 6.07) is 21.0. The number of carbonyl (C=O) groups excluding carboxylic acids is 1. The number of rotatable bonds is 15. The molecule has 0 aliphatic heterocycles. The van der Waals surface area contributed by atoms with Crippen LogP contribution < -0.4 is 25.6 Å². The molecule has 2 amide bonds. The van der Waals surface area contributed by atoms with E-state index in [1.165, 1.54) is 18.2 Å². The lowest BCUT2D eigenvalue weighted by Gasteiger charge is -2.31. The van der Waals surface area contributed by atoms with Gasteiger partial charge in [-0.1, -0.05) is 55.2 Å². The number of amides is 2. The van der Waals surface area contributed by atoms with Gasteiger partial charge in [0.25, 0.3) is 0 Å². The van der Waals surface area contributed by atoms with Gasteiger partial charge in [0.1, 0.15) is 4.90 Å². The molecule has 4 N–H and O–H groups in total. The fraction of sp³-hybridized carbons (Fsp3) is 0.375. The normalized spacial score (nSPS) is 12.0. The Bertz CT molecular complexity index is 1510. The molecular formula is C32H42Cl2N6O3S2. The van der Waals surface area contributed by atoms with Crippen LogP contribution in [0.4, 0.5) is 21.9 Å². The number of benzene rings is 3. The monoisotopic (exact) mass is 692 g/mol. The number of sulfonamides is 1. The number of hydrogen-bond acceptors (Lipinski definition) is 5. The number of urea groups is 1. The Balaban J connectivity index is 1.68. The van der Waals surface area contributed by atoms with Gasteiger partial charge in [0.05, 0.1) is 5.02 Å². The second kappa shape index (κ2) is 17.6. The maximum absolute atomic E-state index is 12.9. The first-order valence-corrected chi connectivity index (χ1v) is 17.4. The predicted molar refractivity (Wildman–Crippen MR) is 191 cm³/mol. The molecule has 0 aromatic heterocycles. The molecule has 0 saturated carbocycles. The zero-order chi connectivity index (χ0) is 33.0. The number of unbranched alkanes of at least 4 members (excludes halogenated alkanes) is 1. The summed E-state index contributed by atoms with van der Waals surface area (Å²) in [5.41, 5.74) is 2.62. The molecular weight excluding hydrogens is 651 g/mol. The van der Waals surface area contributed by atoms with Crippen LogP contribution in [0.3, 0.4) is 0 Å². The number of halogens is 2. The number of hydrogen-bond donors (Lipinski definition) is 4. The van der Waals surface area contributed by atoms with E-state index in [2.05, 4.69) is 34.5 Å². The maximum atomic E-state index is 12.9. The highest BCUT2D eigenvalue weighted by Gasteiger charge is 2.21. The molecule has 3 aromatic carbocycles. The minimum atomic E-state index is -3.80. The van der Waals surface area contributed by atoms with E-state index in [-0.39, 0.29) is 28.5 Å². The van der Waals surface area contributed by atoms with E-state index in [0.717, 1.165) is 17.8 Å². The quantitative estimate of drug-likeness (QED) is 0.0999. The predicted octanol–water partition coefficient (Wildman–Crippen LogP) is 7.05.